The lowest BCUT2D eigenvalue weighted by Gasteiger charge is -2.28. The maximum atomic E-state index is 12.7. The third kappa shape index (κ3) is 4.04. The zero-order valence-corrected chi connectivity index (χ0v) is 13.1. The van der Waals surface area contributed by atoms with E-state index in [9.17, 15) is 4.79 Å². The van der Waals surface area contributed by atoms with E-state index in [4.69, 9.17) is 9.47 Å². The second kappa shape index (κ2) is 7.56. The predicted molar refractivity (Wildman–Crippen MR) is 79.2 cm³/mol. The molecule has 0 spiro atoms. The van der Waals surface area contributed by atoms with E-state index < -0.39 is 0 Å². The van der Waals surface area contributed by atoms with E-state index in [-0.39, 0.29) is 11.8 Å². The first-order valence-electron chi connectivity index (χ1n) is 7.46. The number of fused-ring (bicyclic) bond motifs is 1. The number of aryl methyl sites for hydroxylation is 2. The molecule has 0 radical (unpaired) electrons. The Morgan fingerprint density at radius 2 is 2.00 bits per heavy atom. The van der Waals surface area contributed by atoms with Gasteiger partial charge in [-0.25, -0.2) is 4.98 Å². The summed E-state index contributed by atoms with van der Waals surface area (Å²) in [5.41, 5.74) is 2.24. The Morgan fingerprint density at radius 1 is 1.33 bits per heavy atom. The lowest BCUT2D eigenvalue weighted by atomic mass is 9.88. The van der Waals surface area contributed by atoms with E-state index in [2.05, 4.69) is 9.97 Å². The summed E-state index contributed by atoms with van der Waals surface area (Å²) < 4.78 is 10.2. The van der Waals surface area contributed by atoms with Crippen LogP contribution in [0.5, 0.6) is 0 Å². The SMILES string of the molecule is COCCN(CCOC)C(=O)C1CCc2nc(C)[nH]c2C1. The summed E-state index contributed by atoms with van der Waals surface area (Å²) in [6, 6.07) is 0. The van der Waals surface area contributed by atoms with Crippen molar-refractivity contribution in [1.82, 2.24) is 14.9 Å². The van der Waals surface area contributed by atoms with Crippen molar-refractivity contribution in [1.29, 1.82) is 0 Å². The molecule has 0 saturated heterocycles. The minimum atomic E-state index is 0.0334. The van der Waals surface area contributed by atoms with Crippen molar-refractivity contribution in [3.63, 3.8) is 0 Å². The summed E-state index contributed by atoms with van der Waals surface area (Å²) in [6.07, 6.45) is 2.50. The standard InChI is InChI=1S/C15H25N3O3/c1-11-16-13-5-4-12(10-14(13)17-11)15(19)18(6-8-20-2)7-9-21-3/h12H,4-10H2,1-3H3,(H,16,17). The molecule has 6 nitrogen and oxygen atoms in total. The number of nitrogens with zero attached hydrogens (tertiary/aromatic N) is 2. The summed E-state index contributed by atoms with van der Waals surface area (Å²) in [4.78, 5) is 22.3. The molecule has 21 heavy (non-hydrogen) atoms. The van der Waals surface area contributed by atoms with Gasteiger partial charge in [0.2, 0.25) is 5.91 Å². The number of carbonyl (C=O) groups is 1. The number of rotatable bonds is 7. The maximum Gasteiger partial charge on any atom is 0.226 e. The number of aromatic nitrogens is 2. The van der Waals surface area contributed by atoms with Crippen LogP contribution in [0.4, 0.5) is 0 Å². The molecule has 0 fully saturated rings. The van der Waals surface area contributed by atoms with E-state index in [1.54, 1.807) is 14.2 Å². The van der Waals surface area contributed by atoms with E-state index in [1.165, 1.54) is 0 Å². The van der Waals surface area contributed by atoms with Crippen LogP contribution in [0.25, 0.3) is 0 Å². The smallest absolute Gasteiger partial charge is 0.226 e. The van der Waals surface area contributed by atoms with Crippen LogP contribution in [0.1, 0.15) is 23.6 Å². The van der Waals surface area contributed by atoms with Gasteiger partial charge in [0.05, 0.1) is 18.9 Å². The van der Waals surface area contributed by atoms with Gasteiger partial charge in [0.15, 0.2) is 0 Å². The van der Waals surface area contributed by atoms with Gasteiger partial charge in [-0.15, -0.1) is 0 Å². The van der Waals surface area contributed by atoms with Crippen LogP contribution in [0.15, 0.2) is 0 Å². The van der Waals surface area contributed by atoms with Crippen LogP contribution >= 0.6 is 0 Å². The van der Waals surface area contributed by atoms with Gasteiger partial charge >= 0.3 is 0 Å². The molecule has 1 aromatic heterocycles. The van der Waals surface area contributed by atoms with Gasteiger partial charge in [0, 0.05) is 45.3 Å². The molecule has 1 N–H and O–H groups in total. The summed E-state index contributed by atoms with van der Waals surface area (Å²) in [6.45, 7) is 4.29. The highest BCUT2D eigenvalue weighted by atomic mass is 16.5. The molecule has 0 bridgehead atoms. The number of ether oxygens (including phenoxy) is 2. The van der Waals surface area contributed by atoms with Crippen LogP contribution in [0.3, 0.4) is 0 Å². The largest absolute Gasteiger partial charge is 0.383 e. The number of hydrogen-bond acceptors (Lipinski definition) is 4. The molecule has 118 valence electrons. The van der Waals surface area contributed by atoms with Crippen LogP contribution in [-0.2, 0) is 27.1 Å². The Balaban J connectivity index is 1.99. The number of hydrogen-bond donors (Lipinski definition) is 1. The second-order valence-electron chi connectivity index (χ2n) is 5.50. The average Bonchev–Trinajstić information content (AvgIpc) is 2.85. The van der Waals surface area contributed by atoms with Crippen molar-refractivity contribution in [2.24, 2.45) is 5.92 Å². The lowest BCUT2D eigenvalue weighted by molar-refractivity contribution is -0.137. The lowest BCUT2D eigenvalue weighted by Crippen LogP contribution is -2.42. The highest BCUT2D eigenvalue weighted by Crippen LogP contribution is 2.25. The Hall–Kier alpha value is -1.40. The zero-order valence-electron chi connectivity index (χ0n) is 13.1. The molecule has 1 heterocycles. The maximum absolute atomic E-state index is 12.7. The first-order valence-corrected chi connectivity index (χ1v) is 7.46. The molecular weight excluding hydrogens is 270 g/mol. The van der Waals surface area contributed by atoms with Gasteiger partial charge in [-0.2, -0.15) is 0 Å². The Morgan fingerprint density at radius 3 is 2.62 bits per heavy atom. The van der Waals surface area contributed by atoms with Crippen molar-refractivity contribution in [3.8, 4) is 0 Å². The van der Waals surface area contributed by atoms with Crippen molar-refractivity contribution < 1.29 is 14.3 Å². The topological polar surface area (TPSA) is 67.5 Å². The van der Waals surface area contributed by atoms with Crippen LogP contribution in [-0.4, -0.2) is 61.3 Å². The number of methoxy groups -OCH3 is 2. The molecule has 1 atom stereocenters. The predicted octanol–water partition coefficient (Wildman–Crippen LogP) is 0.944. The average molecular weight is 295 g/mol. The van der Waals surface area contributed by atoms with Crippen LogP contribution in [0, 0.1) is 12.8 Å². The van der Waals surface area contributed by atoms with Crippen molar-refractivity contribution in [2.75, 3.05) is 40.5 Å². The van der Waals surface area contributed by atoms with Gasteiger partial charge in [-0.3, -0.25) is 4.79 Å². The molecular formula is C15H25N3O3. The number of imidazole rings is 1. The molecule has 6 heteroatoms. The quantitative estimate of drug-likeness (QED) is 0.813. The van der Waals surface area contributed by atoms with Crippen LogP contribution < -0.4 is 0 Å². The van der Waals surface area contributed by atoms with E-state index in [0.717, 1.165) is 36.5 Å². The van der Waals surface area contributed by atoms with Crippen molar-refractivity contribution in [3.05, 3.63) is 17.2 Å². The third-order valence-corrected chi connectivity index (χ3v) is 3.95. The van der Waals surface area contributed by atoms with Gasteiger partial charge < -0.3 is 19.4 Å². The molecule has 1 amide bonds. The Kier molecular flexibility index (Phi) is 5.76. The molecule has 0 saturated carbocycles. The fraction of sp³-hybridized carbons (Fsp3) is 0.733. The number of nitrogens with one attached hydrogen (secondary N) is 1. The molecule has 1 aromatic rings. The summed E-state index contributed by atoms with van der Waals surface area (Å²) in [7, 11) is 3.30. The van der Waals surface area contributed by atoms with E-state index in [0.29, 0.717) is 26.3 Å². The van der Waals surface area contributed by atoms with Crippen LogP contribution in [0.2, 0.25) is 0 Å². The first-order chi connectivity index (χ1) is 10.2. The second-order valence-corrected chi connectivity index (χ2v) is 5.50. The van der Waals surface area contributed by atoms with Crippen molar-refractivity contribution >= 4 is 5.91 Å². The molecule has 2 rings (SSSR count). The molecule has 1 aliphatic rings. The highest BCUT2D eigenvalue weighted by Gasteiger charge is 2.29. The summed E-state index contributed by atoms with van der Waals surface area (Å²) in [5, 5.41) is 0. The first kappa shape index (κ1) is 16.0. The number of aromatic amines is 1. The van der Waals surface area contributed by atoms with E-state index >= 15 is 0 Å². The zero-order chi connectivity index (χ0) is 15.2. The fourth-order valence-electron chi connectivity index (χ4n) is 2.83. The van der Waals surface area contributed by atoms with Gasteiger partial charge in [-0.05, 0) is 19.8 Å². The third-order valence-electron chi connectivity index (χ3n) is 3.95. The van der Waals surface area contributed by atoms with Gasteiger partial charge in [0.1, 0.15) is 5.82 Å². The normalized spacial score (nSPS) is 17.6. The Labute approximate surface area is 125 Å². The Bertz CT molecular complexity index is 465. The summed E-state index contributed by atoms with van der Waals surface area (Å²) >= 11 is 0. The van der Waals surface area contributed by atoms with Crippen molar-refractivity contribution in [2.45, 2.75) is 26.2 Å². The molecule has 1 aliphatic carbocycles. The van der Waals surface area contributed by atoms with E-state index in [1.807, 2.05) is 11.8 Å². The number of amides is 1. The fourth-order valence-corrected chi connectivity index (χ4v) is 2.83. The minimum Gasteiger partial charge on any atom is -0.383 e. The molecule has 0 aliphatic heterocycles. The highest BCUT2D eigenvalue weighted by molar-refractivity contribution is 5.79. The van der Waals surface area contributed by atoms with Gasteiger partial charge in [-0.1, -0.05) is 0 Å². The number of carbonyl (C=O) groups excluding carboxylic acids is 1. The number of H-pyrrole nitrogens is 1. The monoisotopic (exact) mass is 295 g/mol. The molecule has 1 unspecified atom stereocenters. The summed E-state index contributed by atoms with van der Waals surface area (Å²) in [5.74, 6) is 1.16. The minimum absolute atomic E-state index is 0.0334. The molecule has 0 aromatic carbocycles. The van der Waals surface area contributed by atoms with Gasteiger partial charge in [0.25, 0.3) is 0 Å².